The van der Waals surface area contributed by atoms with E-state index in [9.17, 15) is 5.11 Å². The summed E-state index contributed by atoms with van der Waals surface area (Å²) in [7, 11) is 2.03. The van der Waals surface area contributed by atoms with E-state index in [1.807, 2.05) is 19.6 Å². The fourth-order valence-corrected chi connectivity index (χ4v) is 3.28. The van der Waals surface area contributed by atoms with Crippen LogP contribution in [-0.2, 0) is 20.0 Å². The molecule has 1 aromatic carbocycles. The molecule has 1 aromatic heterocycles. The van der Waals surface area contributed by atoms with Gasteiger partial charge in [-0.3, -0.25) is 4.90 Å². The third kappa shape index (κ3) is 3.39. The molecule has 1 fully saturated rings. The van der Waals surface area contributed by atoms with Crippen molar-refractivity contribution in [3.05, 3.63) is 53.6 Å². The Bertz CT molecular complexity index is 605. The highest BCUT2D eigenvalue weighted by atomic mass is 16.3. The van der Waals surface area contributed by atoms with E-state index in [1.165, 1.54) is 16.8 Å². The monoisotopic (exact) mass is 299 g/mol. The number of hydrogen-bond acceptors (Lipinski definition) is 3. The number of rotatable bonds is 4. The molecule has 118 valence electrons. The summed E-state index contributed by atoms with van der Waals surface area (Å²) in [6.45, 7) is 4.00. The van der Waals surface area contributed by atoms with Crippen molar-refractivity contribution in [3.63, 3.8) is 0 Å². The third-order valence-electron chi connectivity index (χ3n) is 4.71. The lowest BCUT2D eigenvalue weighted by molar-refractivity contribution is 0.00576. The highest BCUT2D eigenvalue weighted by Gasteiger charge is 2.30. The molecule has 0 radical (unpaired) electrons. The van der Waals surface area contributed by atoms with Gasteiger partial charge in [-0.15, -0.1) is 0 Å². The highest BCUT2D eigenvalue weighted by Crippen LogP contribution is 2.23. The second-order valence-electron chi connectivity index (χ2n) is 6.43. The molecule has 2 aromatic rings. The van der Waals surface area contributed by atoms with Crippen LogP contribution in [0.25, 0.3) is 0 Å². The molecule has 4 heteroatoms. The predicted molar refractivity (Wildman–Crippen MR) is 87.5 cm³/mol. The summed E-state index contributed by atoms with van der Waals surface area (Å²) in [6.07, 6.45) is 6.37. The smallest absolute Gasteiger partial charge is 0.0945 e. The molecule has 0 saturated carbocycles. The first-order valence-corrected chi connectivity index (χ1v) is 8.06. The molecule has 1 saturated heterocycles. The average molecular weight is 299 g/mol. The zero-order valence-electron chi connectivity index (χ0n) is 13.4. The van der Waals surface area contributed by atoms with Gasteiger partial charge in [0.2, 0.25) is 0 Å². The van der Waals surface area contributed by atoms with E-state index in [-0.39, 0.29) is 12.1 Å². The van der Waals surface area contributed by atoms with Crippen LogP contribution in [0.2, 0.25) is 0 Å². The lowest BCUT2D eigenvalue weighted by Crippen LogP contribution is -2.49. The summed E-state index contributed by atoms with van der Waals surface area (Å²) in [5.41, 5.74) is 3.77. The number of likely N-dealkylation sites (tertiary alicyclic amines) is 1. The third-order valence-corrected chi connectivity index (χ3v) is 4.71. The first-order chi connectivity index (χ1) is 10.6. The summed E-state index contributed by atoms with van der Waals surface area (Å²) >= 11 is 0. The van der Waals surface area contributed by atoms with Crippen molar-refractivity contribution < 1.29 is 5.11 Å². The van der Waals surface area contributed by atoms with E-state index >= 15 is 0 Å². The molecule has 0 bridgehead atoms. The van der Waals surface area contributed by atoms with Crippen LogP contribution in [0.15, 0.2) is 36.8 Å². The summed E-state index contributed by atoms with van der Waals surface area (Å²) < 4.78 is 2.06. The second-order valence-corrected chi connectivity index (χ2v) is 6.43. The quantitative estimate of drug-likeness (QED) is 0.942. The molecule has 0 spiro atoms. The standard InChI is InChI=1S/C18H25N3O/c1-14-5-7-15(8-6-14)10-17-18(22)4-3-9-21(17)12-16-11-19-13-20(16)2/h5-8,11,13,17-18,22H,3-4,9-10,12H2,1-2H3/t17-,18-/m0/s1. The maximum Gasteiger partial charge on any atom is 0.0945 e. The van der Waals surface area contributed by atoms with Crippen molar-refractivity contribution in [2.45, 2.75) is 44.9 Å². The number of aryl methyl sites for hydroxylation is 2. The molecule has 2 atom stereocenters. The van der Waals surface area contributed by atoms with Crippen molar-refractivity contribution in [1.29, 1.82) is 0 Å². The van der Waals surface area contributed by atoms with Crippen LogP contribution in [0.1, 0.15) is 29.7 Å². The van der Waals surface area contributed by atoms with Gasteiger partial charge in [-0.25, -0.2) is 4.98 Å². The van der Waals surface area contributed by atoms with Gasteiger partial charge in [-0.05, 0) is 38.3 Å². The molecule has 22 heavy (non-hydrogen) atoms. The Morgan fingerprint density at radius 2 is 2.05 bits per heavy atom. The normalized spacial score (nSPS) is 22.9. The van der Waals surface area contributed by atoms with Crippen molar-refractivity contribution >= 4 is 0 Å². The number of imidazole rings is 1. The van der Waals surface area contributed by atoms with E-state index in [0.29, 0.717) is 0 Å². The lowest BCUT2D eigenvalue weighted by atomic mass is 9.92. The van der Waals surface area contributed by atoms with Crippen molar-refractivity contribution in [2.24, 2.45) is 7.05 Å². The maximum absolute atomic E-state index is 10.5. The van der Waals surface area contributed by atoms with Crippen LogP contribution in [0, 0.1) is 6.92 Å². The number of nitrogens with zero attached hydrogens (tertiary/aromatic N) is 3. The molecular weight excluding hydrogens is 274 g/mol. The van der Waals surface area contributed by atoms with Crippen LogP contribution < -0.4 is 0 Å². The van der Waals surface area contributed by atoms with Gasteiger partial charge < -0.3 is 9.67 Å². The van der Waals surface area contributed by atoms with Gasteiger partial charge in [-0.1, -0.05) is 29.8 Å². The van der Waals surface area contributed by atoms with Crippen molar-refractivity contribution in [2.75, 3.05) is 6.54 Å². The topological polar surface area (TPSA) is 41.3 Å². The van der Waals surface area contributed by atoms with E-state index in [4.69, 9.17) is 0 Å². The van der Waals surface area contributed by atoms with E-state index in [1.54, 1.807) is 0 Å². The number of hydrogen-bond donors (Lipinski definition) is 1. The first kappa shape index (κ1) is 15.3. The lowest BCUT2D eigenvalue weighted by Gasteiger charge is -2.39. The Morgan fingerprint density at radius 1 is 1.27 bits per heavy atom. The van der Waals surface area contributed by atoms with Crippen LogP contribution in [0.4, 0.5) is 0 Å². The fraction of sp³-hybridized carbons (Fsp3) is 0.500. The molecule has 0 aliphatic carbocycles. The fourth-order valence-electron chi connectivity index (χ4n) is 3.28. The summed E-state index contributed by atoms with van der Waals surface area (Å²) in [5.74, 6) is 0. The molecule has 1 N–H and O–H groups in total. The number of aliphatic hydroxyl groups is 1. The maximum atomic E-state index is 10.5. The number of aromatic nitrogens is 2. The van der Waals surface area contributed by atoms with Crippen molar-refractivity contribution in [1.82, 2.24) is 14.5 Å². The summed E-state index contributed by atoms with van der Waals surface area (Å²) in [5, 5.41) is 10.5. The Labute approximate surface area is 132 Å². The van der Waals surface area contributed by atoms with Gasteiger partial charge in [0.1, 0.15) is 0 Å². The summed E-state index contributed by atoms with van der Waals surface area (Å²) in [6, 6.07) is 8.84. The van der Waals surface area contributed by atoms with E-state index < -0.39 is 0 Å². The number of piperidine rings is 1. The molecule has 0 unspecified atom stereocenters. The molecule has 1 aliphatic heterocycles. The summed E-state index contributed by atoms with van der Waals surface area (Å²) in [4.78, 5) is 6.61. The number of benzene rings is 1. The minimum absolute atomic E-state index is 0.186. The van der Waals surface area contributed by atoms with Gasteiger partial charge in [0.25, 0.3) is 0 Å². The van der Waals surface area contributed by atoms with E-state index in [0.717, 1.165) is 32.4 Å². The molecular formula is C18H25N3O. The predicted octanol–water partition coefficient (Wildman–Crippen LogP) is 2.30. The van der Waals surface area contributed by atoms with E-state index in [2.05, 4.69) is 45.6 Å². The van der Waals surface area contributed by atoms with Gasteiger partial charge in [-0.2, -0.15) is 0 Å². The average Bonchev–Trinajstić information content (AvgIpc) is 2.90. The number of aliphatic hydroxyl groups excluding tert-OH is 1. The molecule has 3 rings (SSSR count). The van der Waals surface area contributed by atoms with Gasteiger partial charge in [0, 0.05) is 25.8 Å². The van der Waals surface area contributed by atoms with Gasteiger partial charge in [0.05, 0.1) is 18.1 Å². The van der Waals surface area contributed by atoms with Crippen LogP contribution in [0.3, 0.4) is 0 Å². The second kappa shape index (κ2) is 6.63. The SMILES string of the molecule is Cc1ccc(C[C@H]2[C@@H](O)CCCN2Cc2cncn2C)cc1. The molecule has 4 nitrogen and oxygen atoms in total. The zero-order valence-corrected chi connectivity index (χ0v) is 13.4. The minimum atomic E-state index is -0.247. The Kier molecular flexibility index (Phi) is 4.60. The zero-order chi connectivity index (χ0) is 15.5. The largest absolute Gasteiger partial charge is 0.391 e. The Hall–Kier alpha value is -1.65. The molecule has 1 aliphatic rings. The Balaban J connectivity index is 1.75. The van der Waals surface area contributed by atoms with Crippen molar-refractivity contribution in [3.8, 4) is 0 Å². The molecule has 2 heterocycles. The first-order valence-electron chi connectivity index (χ1n) is 8.06. The van der Waals surface area contributed by atoms with Crippen LogP contribution >= 0.6 is 0 Å². The van der Waals surface area contributed by atoms with Crippen LogP contribution in [0.5, 0.6) is 0 Å². The van der Waals surface area contributed by atoms with Gasteiger partial charge in [0.15, 0.2) is 0 Å². The Morgan fingerprint density at radius 3 is 2.73 bits per heavy atom. The van der Waals surface area contributed by atoms with Gasteiger partial charge >= 0.3 is 0 Å². The highest BCUT2D eigenvalue weighted by molar-refractivity contribution is 5.22. The molecule has 0 amide bonds. The minimum Gasteiger partial charge on any atom is -0.391 e. The van der Waals surface area contributed by atoms with Crippen LogP contribution in [-0.4, -0.2) is 38.2 Å².